The maximum atomic E-state index is 10.2. The lowest BCUT2D eigenvalue weighted by Gasteiger charge is -2.01. The van der Waals surface area contributed by atoms with Crippen LogP contribution in [0.15, 0.2) is 0 Å². The summed E-state index contributed by atoms with van der Waals surface area (Å²) in [6, 6.07) is 0. The molecule has 0 aliphatic carbocycles. The normalized spacial score (nSPS) is 11.8. The van der Waals surface area contributed by atoms with Crippen molar-refractivity contribution in [2.75, 3.05) is 25.4 Å². The van der Waals surface area contributed by atoms with Crippen LogP contribution in [0, 0.1) is 0 Å². The van der Waals surface area contributed by atoms with Crippen molar-refractivity contribution in [2.45, 2.75) is 12.8 Å². The molecule has 0 amide bonds. The summed E-state index contributed by atoms with van der Waals surface area (Å²) in [4.78, 5) is 0. The van der Waals surface area contributed by atoms with Crippen LogP contribution in [0.3, 0.4) is 0 Å². The number of nitrogens with two attached hydrogens (primary N) is 1. The summed E-state index contributed by atoms with van der Waals surface area (Å²) >= 11 is 0. The molecule has 0 radical (unpaired) electrons. The van der Waals surface area contributed by atoms with Gasteiger partial charge in [-0.2, -0.15) is 8.42 Å². The number of rotatable bonds is 7. The molecule has 0 rings (SSSR count). The van der Waals surface area contributed by atoms with Crippen LogP contribution in [-0.4, -0.2) is 38.4 Å². The van der Waals surface area contributed by atoms with Gasteiger partial charge in [0.1, 0.15) is 0 Å². The van der Waals surface area contributed by atoms with Crippen molar-refractivity contribution >= 4 is 10.1 Å². The molecule has 0 heterocycles. The van der Waals surface area contributed by atoms with Crippen LogP contribution in [-0.2, 0) is 10.1 Å². The molecule has 74 valence electrons. The second-order valence-electron chi connectivity index (χ2n) is 2.53. The minimum Gasteiger partial charge on any atom is -0.330 e. The van der Waals surface area contributed by atoms with Crippen molar-refractivity contribution in [1.29, 1.82) is 0 Å². The van der Waals surface area contributed by atoms with E-state index >= 15 is 0 Å². The van der Waals surface area contributed by atoms with Gasteiger partial charge in [-0.25, -0.2) is 0 Å². The first-order valence-electron chi connectivity index (χ1n) is 3.92. The standard InChI is InChI=1S/C6H16N2O3S/c7-3-1-4-8-5-2-6-12(9,10)11/h8H,1-7H2,(H,9,10,11). The first kappa shape index (κ1) is 11.8. The second kappa shape index (κ2) is 6.36. The largest absolute Gasteiger partial charge is 0.330 e. The van der Waals surface area contributed by atoms with E-state index in [9.17, 15) is 8.42 Å². The van der Waals surface area contributed by atoms with Gasteiger partial charge >= 0.3 is 0 Å². The fourth-order valence-corrected chi connectivity index (χ4v) is 1.24. The van der Waals surface area contributed by atoms with Gasteiger partial charge in [-0.3, -0.25) is 4.55 Å². The van der Waals surface area contributed by atoms with E-state index in [1.165, 1.54) is 0 Å². The van der Waals surface area contributed by atoms with Gasteiger partial charge in [-0.05, 0) is 32.5 Å². The predicted octanol–water partition coefficient (Wildman–Crippen LogP) is -0.797. The average molecular weight is 196 g/mol. The Bertz CT molecular complexity index is 191. The van der Waals surface area contributed by atoms with Crippen LogP contribution in [0.1, 0.15) is 12.8 Å². The van der Waals surface area contributed by atoms with E-state index in [0.29, 0.717) is 19.5 Å². The Labute approximate surface area is 73.1 Å². The van der Waals surface area contributed by atoms with Gasteiger partial charge < -0.3 is 11.1 Å². The van der Waals surface area contributed by atoms with E-state index in [-0.39, 0.29) is 5.75 Å². The first-order chi connectivity index (χ1) is 5.56. The molecule has 0 bridgehead atoms. The smallest absolute Gasteiger partial charge is 0.264 e. The van der Waals surface area contributed by atoms with Gasteiger partial charge in [0.15, 0.2) is 0 Å². The summed E-state index contributed by atoms with van der Waals surface area (Å²) in [5.41, 5.74) is 5.24. The molecular formula is C6H16N2O3S. The number of nitrogens with one attached hydrogen (secondary N) is 1. The Hall–Kier alpha value is -0.170. The highest BCUT2D eigenvalue weighted by molar-refractivity contribution is 7.85. The lowest BCUT2D eigenvalue weighted by molar-refractivity contribution is 0.479. The molecule has 0 aliphatic rings. The van der Waals surface area contributed by atoms with E-state index in [1.54, 1.807) is 0 Å². The van der Waals surface area contributed by atoms with Gasteiger partial charge in [-0.15, -0.1) is 0 Å². The lowest BCUT2D eigenvalue weighted by atomic mass is 10.4. The van der Waals surface area contributed by atoms with E-state index in [4.69, 9.17) is 10.3 Å². The Morgan fingerprint density at radius 3 is 2.33 bits per heavy atom. The summed E-state index contributed by atoms with van der Waals surface area (Å²) < 4.78 is 28.8. The Kier molecular flexibility index (Phi) is 6.27. The molecule has 0 spiro atoms. The molecular weight excluding hydrogens is 180 g/mol. The molecule has 0 aromatic carbocycles. The average Bonchev–Trinajstić information content (AvgIpc) is 1.94. The zero-order valence-corrected chi connectivity index (χ0v) is 7.81. The minimum atomic E-state index is -3.78. The third-order valence-corrected chi connectivity index (χ3v) is 2.12. The molecule has 0 fully saturated rings. The molecule has 0 aliphatic heterocycles. The zero-order chi connectivity index (χ0) is 9.45. The molecule has 0 aromatic heterocycles. The monoisotopic (exact) mass is 196 g/mol. The zero-order valence-electron chi connectivity index (χ0n) is 6.99. The molecule has 6 heteroatoms. The van der Waals surface area contributed by atoms with Crippen LogP contribution in [0.4, 0.5) is 0 Å². The summed E-state index contributed by atoms with van der Waals surface area (Å²) in [5, 5.41) is 3.00. The molecule has 0 atom stereocenters. The number of hydrogen-bond donors (Lipinski definition) is 3. The number of hydrogen-bond acceptors (Lipinski definition) is 4. The Morgan fingerprint density at radius 2 is 1.83 bits per heavy atom. The van der Waals surface area contributed by atoms with Crippen LogP contribution in [0.25, 0.3) is 0 Å². The molecule has 12 heavy (non-hydrogen) atoms. The summed E-state index contributed by atoms with van der Waals surface area (Å²) in [6.07, 6.45) is 1.31. The maximum Gasteiger partial charge on any atom is 0.264 e. The van der Waals surface area contributed by atoms with E-state index in [0.717, 1.165) is 13.0 Å². The summed E-state index contributed by atoms with van der Waals surface area (Å²) in [5.74, 6) is -0.178. The molecule has 0 saturated carbocycles. The van der Waals surface area contributed by atoms with Crippen molar-refractivity contribution in [3.05, 3.63) is 0 Å². The van der Waals surface area contributed by atoms with Crippen molar-refractivity contribution < 1.29 is 13.0 Å². The van der Waals surface area contributed by atoms with Crippen molar-refractivity contribution in [1.82, 2.24) is 5.32 Å². The predicted molar refractivity (Wildman–Crippen MR) is 47.6 cm³/mol. The van der Waals surface area contributed by atoms with Crippen LogP contribution in [0.2, 0.25) is 0 Å². The highest BCUT2D eigenvalue weighted by Gasteiger charge is 2.01. The lowest BCUT2D eigenvalue weighted by Crippen LogP contribution is -2.21. The van der Waals surface area contributed by atoms with Crippen LogP contribution >= 0.6 is 0 Å². The molecule has 5 nitrogen and oxygen atoms in total. The quantitative estimate of drug-likeness (QED) is 0.366. The van der Waals surface area contributed by atoms with Gasteiger partial charge in [0.2, 0.25) is 0 Å². The van der Waals surface area contributed by atoms with E-state index in [2.05, 4.69) is 5.32 Å². The summed E-state index contributed by atoms with van der Waals surface area (Å²) in [6.45, 7) is 2.02. The van der Waals surface area contributed by atoms with Crippen molar-refractivity contribution in [3.8, 4) is 0 Å². The highest BCUT2D eigenvalue weighted by Crippen LogP contribution is 1.86. The topological polar surface area (TPSA) is 92.4 Å². The molecule has 0 unspecified atom stereocenters. The highest BCUT2D eigenvalue weighted by atomic mass is 32.2. The first-order valence-corrected chi connectivity index (χ1v) is 5.53. The Balaban J connectivity index is 3.12. The fraction of sp³-hybridized carbons (Fsp3) is 1.00. The van der Waals surface area contributed by atoms with Crippen molar-refractivity contribution in [3.63, 3.8) is 0 Å². The van der Waals surface area contributed by atoms with Crippen molar-refractivity contribution in [2.24, 2.45) is 5.73 Å². The SMILES string of the molecule is NCCCNCCCS(=O)(=O)O. The third kappa shape index (κ3) is 9.83. The van der Waals surface area contributed by atoms with E-state index in [1.807, 2.05) is 0 Å². The maximum absolute atomic E-state index is 10.2. The molecule has 0 saturated heterocycles. The van der Waals surface area contributed by atoms with Gasteiger partial charge in [0, 0.05) is 0 Å². The molecule has 0 aromatic rings. The van der Waals surface area contributed by atoms with Crippen LogP contribution < -0.4 is 11.1 Å². The van der Waals surface area contributed by atoms with E-state index < -0.39 is 10.1 Å². The van der Waals surface area contributed by atoms with Gasteiger partial charge in [0.05, 0.1) is 5.75 Å². The second-order valence-corrected chi connectivity index (χ2v) is 4.10. The summed E-state index contributed by atoms with van der Waals surface area (Å²) in [7, 11) is -3.78. The van der Waals surface area contributed by atoms with Crippen LogP contribution in [0.5, 0.6) is 0 Å². The minimum absolute atomic E-state index is 0.178. The Morgan fingerprint density at radius 1 is 1.25 bits per heavy atom. The van der Waals surface area contributed by atoms with Gasteiger partial charge in [0.25, 0.3) is 10.1 Å². The fourth-order valence-electron chi connectivity index (χ4n) is 0.732. The van der Waals surface area contributed by atoms with Gasteiger partial charge in [-0.1, -0.05) is 0 Å². The third-order valence-electron chi connectivity index (χ3n) is 1.31. The molecule has 4 N–H and O–H groups in total.